The molecule has 2 heterocycles. The Balaban J connectivity index is 1.91. The van der Waals surface area contributed by atoms with Crippen LogP contribution in [0.4, 0.5) is 5.69 Å². The van der Waals surface area contributed by atoms with Crippen LogP contribution in [0.1, 0.15) is 28.8 Å². The van der Waals surface area contributed by atoms with Crippen molar-refractivity contribution in [3.05, 3.63) is 28.3 Å². The SMILES string of the molecule is CN(C)c1cc2c(cc1Cl)C(=O)N(C1CCC(=O)NC1=O)C2. The number of benzene rings is 1. The molecule has 6 nitrogen and oxygen atoms in total. The van der Waals surface area contributed by atoms with Crippen LogP contribution in [0, 0.1) is 0 Å². The van der Waals surface area contributed by atoms with Gasteiger partial charge in [0.25, 0.3) is 5.91 Å². The fraction of sp³-hybridized carbons (Fsp3) is 0.400. The molecule has 3 amide bonds. The van der Waals surface area contributed by atoms with Gasteiger partial charge in [-0.25, -0.2) is 0 Å². The van der Waals surface area contributed by atoms with Gasteiger partial charge in [0.2, 0.25) is 11.8 Å². The van der Waals surface area contributed by atoms with Crippen LogP contribution in [0.5, 0.6) is 0 Å². The van der Waals surface area contributed by atoms with Crippen molar-refractivity contribution in [1.82, 2.24) is 10.2 Å². The zero-order valence-electron chi connectivity index (χ0n) is 12.4. The molecule has 3 rings (SSSR count). The Labute approximate surface area is 133 Å². The van der Waals surface area contributed by atoms with Crippen molar-refractivity contribution in [2.24, 2.45) is 0 Å². The molecule has 0 spiro atoms. The summed E-state index contributed by atoms with van der Waals surface area (Å²) < 4.78 is 0. The molecule has 0 bridgehead atoms. The number of carbonyl (C=O) groups excluding carboxylic acids is 3. The Kier molecular flexibility index (Phi) is 3.56. The van der Waals surface area contributed by atoms with Gasteiger partial charge in [0.1, 0.15) is 6.04 Å². The molecular weight excluding hydrogens is 306 g/mol. The van der Waals surface area contributed by atoms with E-state index in [2.05, 4.69) is 5.32 Å². The van der Waals surface area contributed by atoms with Crippen LogP contribution in [0.25, 0.3) is 0 Å². The molecule has 22 heavy (non-hydrogen) atoms. The molecule has 1 unspecified atom stereocenters. The number of fused-ring (bicyclic) bond motifs is 1. The maximum atomic E-state index is 12.5. The number of hydrogen-bond donors (Lipinski definition) is 1. The van der Waals surface area contributed by atoms with Crippen molar-refractivity contribution in [2.75, 3.05) is 19.0 Å². The molecule has 1 aromatic rings. The Morgan fingerprint density at radius 1 is 1.27 bits per heavy atom. The van der Waals surface area contributed by atoms with Crippen molar-refractivity contribution in [1.29, 1.82) is 0 Å². The van der Waals surface area contributed by atoms with Crippen LogP contribution in [-0.2, 0) is 16.1 Å². The summed E-state index contributed by atoms with van der Waals surface area (Å²) >= 11 is 6.21. The van der Waals surface area contributed by atoms with Crippen molar-refractivity contribution in [3.63, 3.8) is 0 Å². The Morgan fingerprint density at radius 3 is 2.64 bits per heavy atom. The zero-order chi connectivity index (χ0) is 16.0. The number of halogens is 1. The van der Waals surface area contributed by atoms with Gasteiger partial charge in [-0.15, -0.1) is 0 Å². The van der Waals surface area contributed by atoms with E-state index in [1.165, 1.54) is 4.90 Å². The Morgan fingerprint density at radius 2 is 2.00 bits per heavy atom. The molecular formula is C15H16ClN3O3. The maximum Gasteiger partial charge on any atom is 0.255 e. The number of amides is 3. The number of piperidine rings is 1. The summed E-state index contributed by atoms with van der Waals surface area (Å²) in [5, 5.41) is 2.79. The van der Waals surface area contributed by atoms with Crippen molar-refractivity contribution in [2.45, 2.75) is 25.4 Å². The third-order valence-corrected chi connectivity index (χ3v) is 4.38. The van der Waals surface area contributed by atoms with Crippen LogP contribution in [0.2, 0.25) is 5.02 Å². The summed E-state index contributed by atoms with van der Waals surface area (Å²) in [5.41, 5.74) is 2.21. The molecule has 1 N–H and O–H groups in total. The minimum absolute atomic E-state index is 0.211. The van der Waals surface area contributed by atoms with Gasteiger partial charge in [0.15, 0.2) is 0 Å². The summed E-state index contributed by atoms with van der Waals surface area (Å²) in [6.45, 7) is 0.360. The van der Waals surface area contributed by atoms with E-state index in [0.717, 1.165) is 11.3 Å². The monoisotopic (exact) mass is 321 g/mol. The first-order valence-electron chi connectivity index (χ1n) is 7.03. The lowest BCUT2D eigenvalue weighted by Crippen LogP contribution is -2.52. The molecule has 1 fully saturated rings. The van der Waals surface area contributed by atoms with Gasteiger partial charge < -0.3 is 9.80 Å². The molecule has 0 aromatic heterocycles. The highest BCUT2D eigenvalue weighted by atomic mass is 35.5. The van der Waals surface area contributed by atoms with Crippen molar-refractivity contribution < 1.29 is 14.4 Å². The molecule has 0 saturated carbocycles. The molecule has 7 heteroatoms. The van der Waals surface area contributed by atoms with Gasteiger partial charge in [-0.2, -0.15) is 0 Å². The largest absolute Gasteiger partial charge is 0.376 e. The topological polar surface area (TPSA) is 69.7 Å². The van der Waals surface area contributed by atoms with E-state index < -0.39 is 11.9 Å². The minimum Gasteiger partial charge on any atom is -0.376 e. The van der Waals surface area contributed by atoms with E-state index in [4.69, 9.17) is 11.6 Å². The summed E-state index contributed by atoms with van der Waals surface area (Å²) in [4.78, 5) is 39.1. The van der Waals surface area contributed by atoms with Crippen LogP contribution in [0.3, 0.4) is 0 Å². The lowest BCUT2D eigenvalue weighted by Gasteiger charge is -2.29. The predicted octanol–water partition coefficient (Wildman–Crippen LogP) is 1.17. The first-order chi connectivity index (χ1) is 10.4. The van der Waals surface area contributed by atoms with Gasteiger partial charge >= 0.3 is 0 Å². The molecule has 2 aliphatic rings. The number of nitrogens with one attached hydrogen (secondary N) is 1. The van der Waals surface area contributed by atoms with Gasteiger partial charge in [-0.3, -0.25) is 19.7 Å². The fourth-order valence-corrected chi connectivity index (χ4v) is 3.25. The fourth-order valence-electron chi connectivity index (χ4n) is 2.92. The Bertz CT molecular complexity index is 687. The minimum atomic E-state index is -0.598. The molecule has 116 valence electrons. The summed E-state index contributed by atoms with van der Waals surface area (Å²) in [6.07, 6.45) is 0.610. The first kappa shape index (κ1) is 14.8. The second kappa shape index (κ2) is 5.28. The van der Waals surface area contributed by atoms with E-state index in [-0.39, 0.29) is 18.2 Å². The zero-order valence-corrected chi connectivity index (χ0v) is 13.1. The second-order valence-electron chi connectivity index (χ2n) is 5.76. The first-order valence-corrected chi connectivity index (χ1v) is 7.40. The van der Waals surface area contributed by atoms with Crippen LogP contribution in [0.15, 0.2) is 12.1 Å². The molecule has 1 aromatic carbocycles. The number of nitrogens with zero attached hydrogens (tertiary/aromatic N) is 2. The second-order valence-corrected chi connectivity index (χ2v) is 6.16. The van der Waals surface area contributed by atoms with E-state index in [9.17, 15) is 14.4 Å². The highest BCUT2D eigenvalue weighted by Crippen LogP contribution is 2.34. The maximum absolute atomic E-state index is 12.5. The third kappa shape index (κ3) is 2.33. The predicted molar refractivity (Wildman–Crippen MR) is 81.8 cm³/mol. The quantitative estimate of drug-likeness (QED) is 0.830. The highest BCUT2D eigenvalue weighted by Gasteiger charge is 2.39. The van der Waals surface area contributed by atoms with Crippen LogP contribution < -0.4 is 10.2 Å². The number of rotatable bonds is 2. The van der Waals surface area contributed by atoms with E-state index in [1.54, 1.807) is 6.07 Å². The molecule has 0 aliphatic carbocycles. The number of carbonyl (C=O) groups is 3. The average molecular weight is 322 g/mol. The van der Waals surface area contributed by atoms with Crippen molar-refractivity contribution >= 4 is 35.0 Å². The van der Waals surface area contributed by atoms with E-state index >= 15 is 0 Å². The van der Waals surface area contributed by atoms with Gasteiger partial charge in [-0.05, 0) is 24.1 Å². The van der Waals surface area contributed by atoms with Crippen molar-refractivity contribution in [3.8, 4) is 0 Å². The molecule has 1 atom stereocenters. The molecule has 2 aliphatic heterocycles. The van der Waals surface area contributed by atoms with Crippen LogP contribution in [-0.4, -0.2) is 42.8 Å². The average Bonchev–Trinajstić information content (AvgIpc) is 2.75. The standard InChI is InChI=1S/C15H16ClN3O3/c1-18(2)12-5-8-7-19(15(22)9(8)6-10(12)16)11-3-4-13(20)17-14(11)21/h5-6,11H,3-4,7H2,1-2H3,(H,17,20,21). The number of anilines is 1. The lowest BCUT2D eigenvalue weighted by atomic mass is 10.0. The number of hydrogen-bond acceptors (Lipinski definition) is 4. The molecule has 1 saturated heterocycles. The van der Waals surface area contributed by atoms with E-state index in [0.29, 0.717) is 23.6 Å². The smallest absolute Gasteiger partial charge is 0.255 e. The van der Waals surface area contributed by atoms with Gasteiger partial charge in [0, 0.05) is 32.6 Å². The molecule has 0 radical (unpaired) electrons. The van der Waals surface area contributed by atoms with Gasteiger partial charge in [-0.1, -0.05) is 11.6 Å². The van der Waals surface area contributed by atoms with Crippen LogP contribution >= 0.6 is 11.6 Å². The lowest BCUT2D eigenvalue weighted by molar-refractivity contribution is -0.136. The highest BCUT2D eigenvalue weighted by molar-refractivity contribution is 6.33. The normalized spacial score (nSPS) is 21.0. The van der Waals surface area contributed by atoms with E-state index in [1.807, 2.05) is 25.1 Å². The summed E-state index contributed by atoms with van der Waals surface area (Å²) in [5.74, 6) is -0.906. The Hall–Kier alpha value is -2.08. The number of imide groups is 1. The van der Waals surface area contributed by atoms with Gasteiger partial charge in [0.05, 0.1) is 10.7 Å². The third-order valence-electron chi connectivity index (χ3n) is 4.07. The summed E-state index contributed by atoms with van der Waals surface area (Å²) in [6, 6.07) is 2.93. The summed E-state index contributed by atoms with van der Waals surface area (Å²) in [7, 11) is 3.75.